The zero-order chi connectivity index (χ0) is 25.2. The van der Waals surface area contributed by atoms with Crippen LogP contribution in [0, 0.1) is 0 Å². The van der Waals surface area contributed by atoms with E-state index in [4.69, 9.17) is 21.1 Å². The van der Waals surface area contributed by atoms with Gasteiger partial charge in [-0.15, -0.1) is 11.3 Å². The number of rotatable bonds is 5. The highest BCUT2D eigenvalue weighted by Gasteiger charge is 2.58. The zero-order valence-electron chi connectivity index (χ0n) is 19.8. The minimum atomic E-state index is -1.22. The van der Waals surface area contributed by atoms with E-state index in [2.05, 4.69) is 21.7 Å². The molecule has 0 amide bonds. The van der Waals surface area contributed by atoms with Gasteiger partial charge >= 0.3 is 11.9 Å². The Bertz CT molecular complexity index is 1260. The molecule has 2 aliphatic carbocycles. The van der Waals surface area contributed by atoms with Crippen molar-refractivity contribution in [3.63, 3.8) is 0 Å². The summed E-state index contributed by atoms with van der Waals surface area (Å²) in [5, 5.41) is 9.90. The maximum absolute atomic E-state index is 13.3. The third-order valence-corrected chi connectivity index (χ3v) is 7.37. The zero-order valence-corrected chi connectivity index (χ0v) is 21.4. The molecule has 3 unspecified atom stereocenters. The van der Waals surface area contributed by atoms with E-state index in [1.165, 1.54) is 36.7 Å². The summed E-state index contributed by atoms with van der Waals surface area (Å²) in [5.74, 6) is -0.975. The molecule has 2 N–H and O–H groups in total. The van der Waals surface area contributed by atoms with Crippen LogP contribution in [0.3, 0.4) is 0 Å². The van der Waals surface area contributed by atoms with Gasteiger partial charge in [0.1, 0.15) is 5.41 Å². The summed E-state index contributed by atoms with van der Waals surface area (Å²) < 4.78 is 10.3. The fourth-order valence-corrected chi connectivity index (χ4v) is 5.41. The Balaban J connectivity index is 0.000000347. The number of thiazole rings is 1. The van der Waals surface area contributed by atoms with Gasteiger partial charge in [-0.05, 0) is 37.1 Å². The first-order valence-electron chi connectivity index (χ1n) is 11.0. The average molecular weight is 512 g/mol. The van der Waals surface area contributed by atoms with Crippen LogP contribution in [0.1, 0.15) is 19.4 Å². The third kappa shape index (κ3) is 4.51. The van der Waals surface area contributed by atoms with Crippen molar-refractivity contribution in [3.8, 4) is 11.1 Å². The van der Waals surface area contributed by atoms with E-state index in [9.17, 15) is 9.59 Å². The number of carbonyl (C=O) groups excluding carboxylic acids is 2. The lowest BCUT2D eigenvalue weighted by Gasteiger charge is -2.47. The Hall–Kier alpha value is -3.36. The highest BCUT2D eigenvalue weighted by atomic mass is 35.5. The van der Waals surface area contributed by atoms with Gasteiger partial charge < -0.3 is 20.1 Å². The highest BCUT2D eigenvalue weighted by Crippen LogP contribution is 2.43. The summed E-state index contributed by atoms with van der Waals surface area (Å²) >= 11 is 7.03. The number of nitrogens with one attached hydrogen (secondary N) is 2. The molecule has 35 heavy (non-hydrogen) atoms. The molecular weight excluding hydrogens is 486 g/mol. The molecule has 3 atom stereocenters. The van der Waals surface area contributed by atoms with Crippen molar-refractivity contribution in [2.75, 3.05) is 19.5 Å². The van der Waals surface area contributed by atoms with Crippen LogP contribution in [0.25, 0.3) is 11.1 Å². The molecule has 0 spiro atoms. The van der Waals surface area contributed by atoms with Crippen molar-refractivity contribution >= 4 is 40.0 Å². The van der Waals surface area contributed by atoms with Gasteiger partial charge in [-0.3, -0.25) is 4.79 Å². The van der Waals surface area contributed by atoms with E-state index < -0.39 is 23.4 Å². The molecule has 182 valence electrons. The first-order valence-corrected chi connectivity index (χ1v) is 12.3. The van der Waals surface area contributed by atoms with Crippen LogP contribution in [0.15, 0.2) is 71.4 Å². The van der Waals surface area contributed by atoms with Gasteiger partial charge in [0, 0.05) is 33.9 Å². The first kappa shape index (κ1) is 24.8. The summed E-state index contributed by atoms with van der Waals surface area (Å²) in [7, 11) is 2.67. The van der Waals surface area contributed by atoms with Gasteiger partial charge in [-0.2, -0.15) is 0 Å². The fraction of sp³-hybridized carbons (Fsp3) is 0.269. The van der Waals surface area contributed by atoms with Crippen LogP contribution in [-0.2, 0) is 24.5 Å². The smallest absolute Gasteiger partial charge is 0.337 e. The predicted octanol–water partition coefficient (Wildman–Crippen LogP) is 4.79. The predicted molar refractivity (Wildman–Crippen MR) is 137 cm³/mol. The van der Waals surface area contributed by atoms with E-state index in [0.717, 1.165) is 10.6 Å². The number of benzene rings is 2. The largest absolute Gasteiger partial charge is 0.468 e. The van der Waals surface area contributed by atoms with Crippen molar-refractivity contribution < 1.29 is 19.1 Å². The number of nitrogens with zero attached hydrogens (tertiary/aromatic N) is 1. The molecule has 2 aromatic rings. The fourth-order valence-electron chi connectivity index (χ4n) is 4.62. The van der Waals surface area contributed by atoms with Gasteiger partial charge in [0.2, 0.25) is 0 Å². The molecule has 7 nitrogen and oxygen atoms in total. The van der Waals surface area contributed by atoms with Gasteiger partial charge in [0.05, 0.1) is 25.8 Å². The number of aromatic nitrogens is 1. The monoisotopic (exact) mass is 511 g/mol. The molecule has 5 rings (SSSR count). The van der Waals surface area contributed by atoms with Crippen LogP contribution in [-0.4, -0.2) is 43.2 Å². The Labute approximate surface area is 213 Å². The molecule has 0 radical (unpaired) electrons. The molecule has 0 fully saturated rings. The summed E-state index contributed by atoms with van der Waals surface area (Å²) in [6, 6.07) is 14.2. The minimum absolute atomic E-state index is 0.338. The number of ether oxygens (including phenoxy) is 2. The molecule has 3 aliphatic rings. The summed E-state index contributed by atoms with van der Waals surface area (Å²) in [6.07, 6.45) is 1.66. The van der Waals surface area contributed by atoms with E-state index in [-0.39, 0.29) is 6.04 Å². The van der Waals surface area contributed by atoms with Crippen LogP contribution in [0.5, 0.6) is 0 Å². The maximum atomic E-state index is 13.3. The number of methoxy groups -OCH3 is 2. The minimum Gasteiger partial charge on any atom is -0.468 e. The number of anilines is 1. The molecule has 2 heterocycles. The number of hydrogen-bond donors (Lipinski definition) is 2. The molecule has 9 heteroatoms. The first-order chi connectivity index (χ1) is 16.8. The lowest BCUT2D eigenvalue weighted by Crippen LogP contribution is -2.65. The number of esters is 2. The quantitative estimate of drug-likeness (QED) is 0.372. The van der Waals surface area contributed by atoms with Gasteiger partial charge in [-0.1, -0.05) is 48.0 Å². The Morgan fingerprint density at radius 2 is 1.89 bits per heavy atom. The molecule has 1 aromatic heterocycles. The normalized spacial score (nSPS) is 21.7. The lowest BCUT2D eigenvalue weighted by molar-refractivity contribution is -0.149. The summed E-state index contributed by atoms with van der Waals surface area (Å²) in [6.45, 7) is 3.70. The van der Waals surface area contributed by atoms with Gasteiger partial charge in [0.25, 0.3) is 0 Å². The van der Waals surface area contributed by atoms with Gasteiger partial charge in [0.15, 0.2) is 5.13 Å². The molecule has 0 saturated carbocycles. The molecule has 1 aliphatic heterocycles. The van der Waals surface area contributed by atoms with Crippen LogP contribution in [0.4, 0.5) is 5.13 Å². The van der Waals surface area contributed by atoms with Crippen molar-refractivity contribution in [3.05, 3.63) is 82.0 Å². The van der Waals surface area contributed by atoms with E-state index in [1.807, 2.05) is 54.8 Å². The van der Waals surface area contributed by atoms with E-state index in [0.29, 0.717) is 16.4 Å². The summed E-state index contributed by atoms with van der Waals surface area (Å²) in [4.78, 5) is 30.3. The third-order valence-electron chi connectivity index (χ3n) is 6.34. The second-order valence-corrected chi connectivity index (χ2v) is 9.53. The standard InChI is InChI=1S/C20H23N3O4S.C6H3Cl/c1-12-15(17(24)26-3)16(23-19-21-10-11-28-19)20(13(2)22-12,18(25)27-4)14-8-6-5-7-9-14;7-6-2-1-4-3-5(4)6/h5-11,13,16,22H,1-4H3,(H,21,23);1-3H. The molecule has 0 saturated heterocycles. The number of carbonyl (C=O) groups is 2. The van der Waals surface area contributed by atoms with Crippen molar-refractivity contribution in [2.45, 2.75) is 31.3 Å². The van der Waals surface area contributed by atoms with E-state index in [1.54, 1.807) is 13.1 Å². The lowest BCUT2D eigenvalue weighted by atomic mass is 9.64. The number of allylic oxidation sites excluding steroid dienone is 1. The van der Waals surface area contributed by atoms with Crippen molar-refractivity contribution in [1.82, 2.24) is 10.3 Å². The number of halogens is 1. The SMILES string of the molecule is COC(=O)C1=C(C)NC(C)C(C(=O)OC)(c2ccccc2)C1Nc1nccs1.Clc1ccc2cc1-2. The molecular formula is C26H26ClN3O4S. The summed E-state index contributed by atoms with van der Waals surface area (Å²) in [5.41, 5.74) is 3.04. The second-order valence-electron chi connectivity index (χ2n) is 8.23. The van der Waals surface area contributed by atoms with Crippen LogP contribution < -0.4 is 10.6 Å². The highest BCUT2D eigenvalue weighted by molar-refractivity contribution is 7.13. The maximum Gasteiger partial charge on any atom is 0.337 e. The number of hydrogen-bond acceptors (Lipinski definition) is 8. The van der Waals surface area contributed by atoms with E-state index >= 15 is 0 Å². The van der Waals surface area contributed by atoms with Crippen molar-refractivity contribution in [2.24, 2.45) is 0 Å². The molecule has 0 bridgehead atoms. The van der Waals surface area contributed by atoms with Gasteiger partial charge in [-0.25, -0.2) is 9.78 Å². The van der Waals surface area contributed by atoms with Crippen LogP contribution >= 0.6 is 22.9 Å². The van der Waals surface area contributed by atoms with Crippen molar-refractivity contribution in [1.29, 1.82) is 0 Å². The van der Waals surface area contributed by atoms with Crippen LogP contribution in [0.2, 0.25) is 5.02 Å². The average Bonchev–Trinajstić information content (AvgIpc) is 3.30. The Kier molecular flexibility index (Phi) is 7.14. The molecule has 1 aromatic carbocycles. The Morgan fingerprint density at radius 1 is 1.14 bits per heavy atom. The number of fused-ring (bicyclic) bond motifs is 1. The second kappa shape index (κ2) is 10.1. The Morgan fingerprint density at radius 3 is 2.37 bits per heavy atom. The topological polar surface area (TPSA) is 89.5 Å².